The van der Waals surface area contributed by atoms with Crippen LogP contribution < -0.4 is 5.32 Å². The molecular weight excluding hydrogens is 355 g/mol. The van der Waals surface area contributed by atoms with Crippen LogP contribution in [0.1, 0.15) is 40.9 Å². The van der Waals surface area contributed by atoms with Crippen molar-refractivity contribution >= 4 is 23.2 Å². The molecule has 1 aromatic heterocycles. The van der Waals surface area contributed by atoms with E-state index in [9.17, 15) is 18.0 Å². The molecule has 1 aromatic carbocycles. The molecule has 0 radical (unpaired) electrons. The quantitative estimate of drug-likeness (QED) is 0.864. The Balaban J connectivity index is 1.84. The number of nitrogens with one attached hydrogen (secondary N) is 1. The summed E-state index contributed by atoms with van der Waals surface area (Å²) in [7, 11) is 0. The van der Waals surface area contributed by atoms with E-state index in [4.69, 9.17) is 11.6 Å². The summed E-state index contributed by atoms with van der Waals surface area (Å²) in [6.45, 7) is 0.779. The SMILES string of the molecule is O=C(c1c(Cl)cccc1C1(C(F)(F)F)CC1)n1ncc2c1CCCN2. The Morgan fingerprint density at radius 2 is 2.08 bits per heavy atom. The van der Waals surface area contributed by atoms with Gasteiger partial charge in [0, 0.05) is 6.54 Å². The number of carbonyl (C=O) groups excluding carboxylic acids is 1. The van der Waals surface area contributed by atoms with Crippen LogP contribution in [0.4, 0.5) is 18.9 Å². The lowest BCUT2D eigenvalue weighted by Gasteiger charge is -2.23. The third-order valence-corrected chi connectivity index (χ3v) is 5.32. The van der Waals surface area contributed by atoms with Gasteiger partial charge in [-0.2, -0.15) is 23.0 Å². The minimum atomic E-state index is -4.42. The van der Waals surface area contributed by atoms with Gasteiger partial charge < -0.3 is 5.32 Å². The van der Waals surface area contributed by atoms with E-state index in [-0.39, 0.29) is 29.0 Å². The van der Waals surface area contributed by atoms with Crippen LogP contribution in [0.3, 0.4) is 0 Å². The molecule has 0 bridgehead atoms. The molecule has 4 nitrogen and oxygen atoms in total. The minimum Gasteiger partial charge on any atom is -0.382 e. The van der Waals surface area contributed by atoms with Crippen LogP contribution in [0, 0.1) is 0 Å². The van der Waals surface area contributed by atoms with Crippen LogP contribution in [0.15, 0.2) is 24.4 Å². The predicted molar refractivity (Wildman–Crippen MR) is 87.2 cm³/mol. The van der Waals surface area contributed by atoms with Gasteiger partial charge in [0.15, 0.2) is 0 Å². The van der Waals surface area contributed by atoms with E-state index in [0.717, 1.165) is 18.7 Å². The maximum absolute atomic E-state index is 13.6. The maximum Gasteiger partial charge on any atom is 0.398 e. The maximum atomic E-state index is 13.6. The van der Waals surface area contributed by atoms with Crippen LogP contribution in [-0.4, -0.2) is 28.4 Å². The molecule has 1 fully saturated rings. The Kier molecular flexibility index (Phi) is 3.61. The van der Waals surface area contributed by atoms with Crippen molar-refractivity contribution in [1.82, 2.24) is 9.78 Å². The highest BCUT2D eigenvalue weighted by Gasteiger charge is 2.65. The molecule has 0 unspecified atom stereocenters. The number of hydrogen-bond donors (Lipinski definition) is 1. The van der Waals surface area contributed by atoms with E-state index in [1.807, 2.05) is 0 Å². The van der Waals surface area contributed by atoms with E-state index in [1.165, 1.54) is 29.1 Å². The number of benzene rings is 1. The van der Waals surface area contributed by atoms with Crippen molar-refractivity contribution in [2.75, 3.05) is 11.9 Å². The molecular formula is C17H15ClF3N3O. The molecule has 2 aliphatic rings. The van der Waals surface area contributed by atoms with Gasteiger partial charge in [-0.15, -0.1) is 0 Å². The average molecular weight is 370 g/mol. The topological polar surface area (TPSA) is 46.9 Å². The van der Waals surface area contributed by atoms with Crippen molar-refractivity contribution in [3.05, 3.63) is 46.2 Å². The molecule has 1 N–H and O–H groups in total. The first kappa shape index (κ1) is 16.4. The number of aromatic nitrogens is 2. The van der Waals surface area contributed by atoms with Gasteiger partial charge >= 0.3 is 6.18 Å². The van der Waals surface area contributed by atoms with Gasteiger partial charge in [0.2, 0.25) is 0 Å². The standard InChI is InChI=1S/C17H15ClF3N3O/c18-11-4-1-3-10(16(6-7-16)17(19,20)21)14(11)15(25)24-13-5-2-8-22-12(13)9-23-24/h1,3-4,9,22H,2,5-8H2. The van der Waals surface area contributed by atoms with Crippen molar-refractivity contribution in [3.63, 3.8) is 0 Å². The van der Waals surface area contributed by atoms with Gasteiger partial charge in [0.05, 0.1) is 33.6 Å². The molecule has 8 heteroatoms. The largest absolute Gasteiger partial charge is 0.398 e. The predicted octanol–water partition coefficient (Wildman–Crippen LogP) is 4.18. The fourth-order valence-corrected chi connectivity index (χ4v) is 3.75. The Hall–Kier alpha value is -2.02. The Bertz CT molecular complexity index is 855. The highest BCUT2D eigenvalue weighted by atomic mass is 35.5. The van der Waals surface area contributed by atoms with Crippen LogP contribution in [0.2, 0.25) is 5.02 Å². The molecule has 0 saturated heterocycles. The summed E-state index contributed by atoms with van der Waals surface area (Å²) in [4.78, 5) is 13.0. The summed E-state index contributed by atoms with van der Waals surface area (Å²) in [6.07, 6.45) is -1.49. The molecule has 25 heavy (non-hydrogen) atoms. The van der Waals surface area contributed by atoms with E-state index >= 15 is 0 Å². The van der Waals surface area contributed by atoms with Crippen LogP contribution in [-0.2, 0) is 11.8 Å². The Labute approximate surface area is 147 Å². The summed E-state index contributed by atoms with van der Waals surface area (Å²) >= 11 is 6.16. The number of hydrogen-bond acceptors (Lipinski definition) is 3. The van der Waals surface area contributed by atoms with Crippen molar-refractivity contribution in [1.29, 1.82) is 0 Å². The lowest BCUT2D eigenvalue weighted by Crippen LogP contribution is -2.32. The fraction of sp³-hybridized carbons (Fsp3) is 0.412. The molecule has 0 amide bonds. The van der Waals surface area contributed by atoms with Crippen LogP contribution in [0.5, 0.6) is 0 Å². The third-order valence-electron chi connectivity index (χ3n) is 5.00. The van der Waals surface area contributed by atoms with Gasteiger partial charge in [-0.1, -0.05) is 23.7 Å². The van der Waals surface area contributed by atoms with E-state index in [0.29, 0.717) is 12.1 Å². The zero-order valence-electron chi connectivity index (χ0n) is 13.2. The fourth-order valence-electron chi connectivity index (χ4n) is 3.49. The first-order chi connectivity index (χ1) is 11.8. The number of fused-ring (bicyclic) bond motifs is 1. The lowest BCUT2D eigenvalue weighted by molar-refractivity contribution is -0.160. The van der Waals surface area contributed by atoms with E-state index < -0.39 is 17.5 Å². The smallest absolute Gasteiger partial charge is 0.382 e. The lowest BCUT2D eigenvalue weighted by atomic mass is 9.90. The number of halogens is 4. The molecule has 1 saturated carbocycles. The first-order valence-electron chi connectivity index (χ1n) is 8.06. The number of nitrogens with zero attached hydrogens (tertiary/aromatic N) is 2. The van der Waals surface area contributed by atoms with Crippen molar-refractivity contribution < 1.29 is 18.0 Å². The second kappa shape index (κ2) is 5.49. The van der Waals surface area contributed by atoms with Gasteiger partial charge in [-0.05, 0) is 37.3 Å². The average Bonchev–Trinajstić information content (AvgIpc) is 3.28. The highest BCUT2D eigenvalue weighted by Crippen LogP contribution is 2.60. The van der Waals surface area contributed by atoms with Crippen LogP contribution >= 0.6 is 11.6 Å². The summed E-state index contributed by atoms with van der Waals surface area (Å²) < 4.78 is 41.9. The number of rotatable bonds is 2. The molecule has 132 valence electrons. The summed E-state index contributed by atoms with van der Waals surface area (Å²) in [5.74, 6) is -0.610. The molecule has 0 spiro atoms. The highest BCUT2D eigenvalue weighted by molar-refractivity contribution is 6.34. The van der Waals surface area contributed by atoms with Crippen LogP contribution in [0.25, 0.3) is 0 Å². The third kappa shape index (κ3) is 2.44. The molecule has 1 aliphatic carbocycles. The molecule has 2 aromatic rings. The van der Waals surface area contributed by atoms with Gasteiger partial charge in [-0.3, -0.25) is 4.79 Å². The molecule has 0 atom stereocenters. The second-order valence-corrected chi connectivity index (χ2v) is 6.90. The van der Waals surface area contributed by atoms with E-state index in [1.54, 1.807) is 0 Å². The normalized spacial score (nSPS) is 18.4. The zero-order chi connectivity index (χ0) is 17.8. The number of alkyl halides is 3. The van der Waals surface area contributed by atoms with Crippen molar-refractivity contribution in [2.45, 2.75) is 37.3 Å². The minimum absolute atomic E-state index is 0.0195. The van der Waals surface area contributed by atoms with Crippen molar-refractivity contribution in [3.8, 4) is 0 Å². The summed E-state index contributed by atoms with van der Waals surface area (Å²) in [5.41, 5.74) is -0.709. The van der Waals surface area contributed by atoms with Gasteiger partial charge in [-0.25, -0.2) is 0 Å². The molecule has 4 rings (SSSR count). The van der Waals surface area contributed by atoms with E-state index in [2.05, 4.69) is 10.4 Å². The number of anilines is 1. The zero-order valence-corrected chi connectivity index (χ0v) is 13.9. The molecule has 1 aliphatic heterocycles. The Morgan fingerprint density at radius 3 is 2.76 bits per heavy atom. The number of carbonyl (C=O) groups is 1. The first-order valence-corrected chi connectivity index (χ1v) is 8.44. The summed E-state index contributed by atoms with van der Waals surface area (Å²) in [5, 5.41) is 7.24. The van der Waals surface area contributed by atoms with Gasteiger partial charge in [0.25, 0.3) is 5.91 Å². The Morgan fingerprint density at radius 1 is 1.32 bits per heavy atom. The summed E-state index contributed by atoms with van der Waals surface area (Å²) in [6, 6.07) is 4.26. The van der Waals surface area contributed by atoms with Gasteiger partial charge in [0.1, 0.15) is 0 Å². The molecule has 2 heterocycles. The monoisotopic (exact) mass is 369 g/mol. The van der Waals surface area contributed by atoms with Crippen molar-refractivity contribution in [2.24, 2.45) is 0 Å². The second-order valence-electron chi connectivity index (χ2n) is 6.49.